The Kier molecular flexibility index (Phi) is 8.12. The first kappa shape index (κ1) is 17.8. The summed E-state index contributed by atoms with van der Waals surface area (Å²) in [5.74, 6) is 0.902. The van der Waals surface area contributed by atoms with Crippen LogP contribution in [0.4, 0.5) is 0 Å². The highest BCUT2D eigenvalue weighted by Crippen LogP contribution is 2.11. The molecule has 1 saturated heterocycles. The van der Waals surface area contributed by atoms with Crippen molar-refractivity contribution in [1.29, 1.82) is 0 Å². The molecule has 1 amide bonds. The molecule has 0 aromatic rings. The van der Waals surface area contributed by atoms with E-state index in [1.54, 1.807) is 0 Å². The van der Waals surface area contributed by atoms with Gasteiger partial charge in [0.15, 0.2) is 5.96 Å². The van der Waals surface area contributed by atoms with E-state index in [2.05, 4.69) is 10.3 Å². The Morgan fingerprint density at radius 3 is 2.57 bits per heavy atom. The second-order valence-corrected chi connectivity index (χ2v) is 5.25. The molecule has 0 radical (unpaired) electrons. The Balaban J connectivity index is 2.56. The maximum absolute atomic E-state index is 12.2. The molecule has 122 valence electrons. The van der Waals surface area contributed by atoms with E-state index in [0.29, 0.717) is 13.1 Å². The zero-order valence-electron chi connectivity index (χ0n) is 13.9. The Morgan fingerprint density at radius 1 is 1.33 bits per heavy atom. The maximum atomic E-state index is 12.2. The average Bonchev–Trinajstić information content (AvgIpc) is 2.97. The molecule has 0 bridgehead atoms. The number of guanidine groups is 1. The minimum Gasteiger partial charge on any atom is -0.376 e. The molecule has 0 aliphatic carbocycles. The molecule has 1 aliphatic rings. The molecule has 21 heavy (non-hydrogen) atoms. The van der Waals surface area contributed by atoms with Gasteiger partial charge in [-0.1, -0.05) is 0 Å². The van der Waals surface area contributed by atoms with Crippen molar-refractivity contribution in [2.24, 2.45) is 4.99 Å². The van der Waals surface area contributed by atoms with Gasteiger partial charge in [0, 0.05) is 33.3 Å². The molecule has 1 aliphatic heterocycles. The lowest BCUT2D eigenvalue weighted by atomic mass is 10.2. The molecule has 1 heterocycles. The van der Waals surface area contributed by atoms with Crippen molar-refractivity contribution in [3.05, 3.63) is 0 Å². The number of rotatable bonds is 7. The fourth-order valence-corrected chi connectivity index (χ4v) is 2.40. The van der Waals surface area contributed by atoms with Crippen LogP contribution < -0.4 is 5.32 Å². The van der Waals surface area contributed by atoms with Crippen molar-refractivity contribution >= 4 is 11.9 Å². The number of hydrogen-bond donors (Lipinski definition) is 1. The summed E-state index contributed by atoms with van der Waals surface area (Å²) in [6, 6.07) is 0. The molecule has 6 nitrogen and oxygen atoms in total. The lowest BCUT2D eigenvalue weighted by Gasteiger charge is -2.25. The number of amides is 1. The Bertz CT molecular complexity index is 337. The number of nitrogens with zero attached hydrogens (tertiary/aromatic N) is 3. The first-order valence-electron chi connectivity index (χ1n) is 8.01. The summed E-state index contributed by atoms with van der Waals surface area (Å²) in [6.07, 6.45) is 2.42. The van der Waals surface area contributed by atoms with Gasteiger partial charge in [0.1, 0.15) is 0 Å². The van der Waals surface area contributed by atoms with Crippen LogP contribution in [0.15, 0.2) is 4.99 Å². The first-order valence-corrected chi connectivity index (χ1v) is 8.01. The maximum Gasteiger partial charge on any atom is 0.242 e. The predicted octanol–water partition coefficient (Wildman–Crippen LogP) is 0.931. The first-order chi connectivity index (χ1) is 10.1. The van der Waals surface area contributed by atoms with Crippen molar-refractivity contribution in [1.82, 2.24) is 15.1 Å². The van der Waals surface area contributed by atoms with E-state index in [1.807, 2.05) is 37.6 Å². The van der Waals surface area contributed by atoms with Gasteiger partial charge < -0.3 is 19.9 Å². The minimum atomic E-state index is 0.130. The van der Waals surface area contributed by atoms with Gasteiger partial charge in [-0.2, -0.15) is 0 Å². The number of hydrogen-bond acceptors (Lipinski definition) is 3. The smallest absolute Gasteiger partial charge is 0.242 e. The number of aliphatic imine (C=N–C) groups is 1. The molecular weight excluding hydrogens is 268 g/mol. The minimum absolute atomic E-state index is 0.130. The average molecular weight is 298 g/mol. The van der Waals surface area contributed by atoms with E-state index in [-0.39, 0.29) is 12.0 Å². The number of carbonyl (C=O) groups is 1. The second-order valence-electron chi connectivity index (χ2n) is 5.25. The van der Waals surface area contributed by atoms with Crippen LogP contribution in [-0.2, 0) is 9.53 Å². The standard InChI is InChI=1S/C15H30N4O2/c1-5-16-15(17-11-13-9-8-10-21-13)18(4)12-14(20)19(6-2)7-3/h13H,5-12H2,1-4H3,(H,16,17). The molecule has 0 aromatic carbocycles. The normalized spacial score (nSPS) is 18.7. The van der Waals surface area contributed by atoms with E-state index in [9.17, 15) is 4.79 Å². The summed E-state index contributed by atoms with van der Waals surface area (Å²) in [6.45, 7) is 10.1. The van der Waals surface area contributed by atoms with Crippen LogP contribution >= 0.6 is 0 Å². The Labute approximate surface area is 128 Å². The van der Waals surface area contributed by atoms with Crippen LogP contribution in [0.2, 0.25) is 0 Å². The highest BCUT2D eigenvalue weighted by Gasteiger charge is 2.17. The van der Waals surface area contributed by atoms with E-state index in [0.717, 1.165) is 45.0 Å². The fourth-order valence-electron chi connectivity index (χ4n) is 2.40. The lowest BCUT2D eigenvalue weighted by Crippen LogP contribution is -2.45. The summed E-state index contributed by atoms with van der Waals surface area (Å²) >= 11 is 0. The molecule has 0 aromatic heterocycles. The van der Waals surface area contributed by atoms with Crippen LogP contribution in [0.1, 0.15) is 33.6 Å². The van der Waals surface area contributed by atoms with Crippen molar-refractivity contribution in [2.75, 3.05) is 46.4 Å². The summed E-state index contributed by atoms with van der Waals surface area (Å²) in [5.41, 5.74) is 0. The van der Waals surface area contributed by atoms with Crippen LogP contribution in [0, 0.1) is 0 Å². The highest BCUT2D eigenvalue weighted by atomic mass is 16.5. The van der Waals surface area contributed by atoms with Gasteiger partial charge in [-0.25, -0.2) is 0 Å². The Morgan fingerprint density at radius 2 is 2.05 bits per heavy atom. The van der Waals surface area contributed by atoms with E-state index < -0.39 is 0 Å². The third kappa shape index (κ3) is 5.91. The van der Waals surface area contributed by atoms with Gasteiger partial charge >= 0.3 is 0 Å². The van der Waals surface area contributed by atoms with Crippen molar-refractivity contribution in [3.63, 3.8) is 0 Å². The van der Waals surface area contributed by atoms with Crippen molar-refractivity contribution in [2.45, 2.75) is 39.7 Å². The van der Waals surface area contributed by atoms with E-state index in [4.69, 9.17) is 4.74 Å². The second kappa shape index (κ2) is 9.60. The van der Waals surface area contributed by atoms with Gasteiger partial charge in [0.05, 0.1) is 19.2 Å². The highest BCUT2D eigenvalue weighted by molar-refractivity contribution is 5.86. The third-order valence-electron chi connectivity index (χ3n) is 3.65. The number of nitrogens with one attached hydrogen (secondary N) is 1. The SMILES string of the molecule is CCNC(=NCC1CCCO1)N(C)CC(=O)N(CC)CC. The Hall–Kier alpha value is -1.30. The van der Waals surface area contributed by atoms with E-state index in [1.165, 1.54) is 0 Å². The summed E-state index contributed by atoms with van der Waals surface area (Å²) in [4.78, 5) is 20.5. The van der Waals surface area contributed by atoms with E-state index >= 15 is 0 Å². The van der Waals surface area contributed by atoms with Crippen molar-refractivity contribution in [3.8, 4) is 0 Å². The molecular formula is C15H30N4O2. The summed E-state index contributed by atoms with van der Waals surface area (Å²) < 4.78 is 5.59. The van der Waals surface area contributed by atoms with Gasteiger partial charge in [-0.15, -0.1) is 0 Å². The van der Waals surface area contributed by atoms with Crippen LogP contribution in [-0.4, -0.2) is 74.1 Å². The quantitative estimate of drug-likeness (QED) is 0.561. The molecule has 0 saturated carbocycles. The zero-order chi connectivity index (χ0) is 15.7. The molecule has 0 spiro atoms. The van der Waals surface area contributed by atoms with Gasteiger partial charge in [-0.3, -0.25) is 9.79 Å². The fraction of sp³-hybridized carbons (Fsp3) is 0.867. The van der Waals surface area contributed by atoms with Gasteiger partial charge in [0.25, 0.3) is 0 Å². The number of likely N-dealkylation sites (N-methyl/N-ethyl adjacent to an activating group) is 2. The number of ether oxygens (including phenoxy) is 1. The van der Waals surface area contributed by atoms with Gasteiger partial charge in [0.2, 0.25) is 5.91 Å². The van der Waals surface area contributed by atoms with Crippen LogP contribution in [0.3, 0.4) is 0 Å². The topological polar surface area (TPSA) is 57.2 Å². The largest absolute Gasteiger partial charge is 0.376 e. The summed E-state index contributed by atoms with van der Waals surface area (Å²) in [7, 11) is 1.90. The molecule has 6 heteroatoms. The third-order valence-corrected chi connectivity index (χ3v) is 3.65. The molecule has 1 atom stereocenters. The molecule has 1 unspecified atom stereocenters. The van der Waals surface area contributed by atoms with Crippen molar-refractivity contribution < 1.29 is 9.53 Å². The predicted molar refractivity (Wildman–Crippen MR) is 85.5 cm³/mol. The van der Waals surface area contributed by atoms with Crippen LogP contribution in [0.25, 0.3) is 0 Å². The summed E-state index contributed by atoms with van der Waals surface area (Å²) in [5, 5.41) is 3.24. The lowest BCUT2D eigenvalue weighted by molar-refractivity contribution is -0.131. The molecule has 1 N–H and O–H groups in total. The number of carbonyl (C=O) groups excluding carboxylic acids is 1. The van der Waals surface area contributed by atoms with Crippen LogP contribution in [0.5, 0.6) is 0 Å². The monoisotopic (exact) mass is 298 g/mol. The zero-order valence-corrected chi connectivity index (χ0v) is 13.9. The molecule has 1 rings (SSSR count). The molecule has 1 fully saturated rings. The van der Waals surface area contributed by atoms with Gasteiger partial charge in [-0.05, 0) is 33.6 Å².